The van der Waals surface area contributed by atoms with E-state index < -0.39 is 0 Å². The average Bonchev–Trinajstić information content (AvgIpc) is 2.50. The van der Waals surface area contributed by atoms with Crippen molar-refractivity contribution in [3.63, 3.8) is 0 Å². The molecule has 1 aliphatic heterocycles. The summed E-state index contributed by atoms with van der Waals surface area (Å²) in [6.07, 6.45) is 1.62. The number of fused-ring (bicyclic) bond motifs is 1. The van der Waals surface area contributed by atoms with Crippen molar-refractivity contribution < 1.29 is 9.53 Å². The number of rotatable bonds is 1. The van der Waals surface area contributed by atoms with Gasteiger partial charge in [0.15, 0.2) is 0 Å². The van der Waals surface area contributed by atoms with Crippen molar-refractivity contribution in [2.75, 3.05) is 13.2 Å². The van der Waals surface area contributed by atoms with Crippen LogP contribution in [0.4, 0.5) is 0 Å². The number of pyridine rings is 1. The van der Waals surface area contributed by atoms with E-state index in [1.54, 1.807) is 6.20 Å². The number of hydrogen-bond donors (Lipinski definition) is 0. The molecule has 3 rings (SSSR count). The molecule has 1 saturated heterocycles. The van der Waals surface area contributed by atoms with E-state index in [9.17, 15) is 4.79 Å². The molecule has 2 atom stereocenters. The summed E-state index contributed by atoms with van der Waals surface area (Å²) >= 11 is 6.12. The predicted octanol–water partition coefficient (Wildman–Crippen LogP) is 3.14. The molecule has 1 amide bonds. The molecule has 110 valence electrons. The number of benzene rings is 1. The molecule has 0 saturated carbocycles. The SMILES string of the molecule is CC1CN(C(=O)c2cnc(Cl)c3ccccc23)C(C)CO1. The first kappa shape index (κ1) is 14.3. The molecule has 2 unspecified atom stereocenters. The third-order valence-electron chi connectivity index (χ3n) is 3.85. The van der Waals surface area contributed by atoms with E-state index in [-0.39, 0.29) is 18.1 Å². The number of aromatic nitrogens is 1. The molecule has 4 nitrogen and oxygen atoms in total. The molecule has 1 aliphatic rings. The molecule has 0 aliphatic carbocycles. The normalized spacial score (nSPS) is 22.5. The van der Waals surface area contributed by atoms with Gasteiger partial charge < -0.3 is 9.64 Å². The van der Waals surface area contributed by atoms with Gasteiger partial charge in [0.25, 0.3) is 5.91 Å². The van der Waals surface area contributed by atoms with Crippen molar-refractivity contribution in [3.05, 3.63) is 41.2 Å². The average molecular weight is 305 g/mol. The maximum absolute atomic E-state index is 12.9. The summed E-state index contributed by atoms with van der Waals surface area (Å²) in [5.41, 5.74) is 0.593. The minimum Gasteiger partial charge on any atom is -0.375 e. The van der Waals surface area contributed by atoms with Crippen LogP contribution in [-0.2, 0) is 4.74 Å². The Hall–Kier alpha value is -1.65. The van der Waals surface area contributed by atoms with E-state index in [1.807, 2.05) is 43.0 Å². The molecule has 1 aromatic heterocycles. The Bertz CT molecular complexity index is 689. The number of ether oxygens (including phenoxy) is 1. The highest BCUT2D eigenvalue weighted by atomic mass is 35.5. The van der Waals surface area contributed by atoms with Crippen molar-refractivity contribution in [1.82, 2.24) is 9.88 Å². The number of nitrogens with zero attached hydrogens (tertiary/aromatic N) is 2. The number of hydrogen-bond acceptors (Lipinski definition) is 3. The van der Waals surface area contributed by atoms with Gasteiger partial charge in [-0.2, -0.15) is 0 Å². The summed E-state index contributed by atoms with van der Waals surface area (Å²) in [4.78, 5) is 18.9. The Kier molecular flexibility index (Phi) is 3.83. The van der Waals surface area contributed by atoms with Gasteiger partial charge in [-0.3, -0.25) is 4.79 Å². The Balaban J connectivity index is 2.04. The lowest BCUT2D eigenvalue weighted by molar-refractivity contribution is -0.0386. The number of amides is 1. The molecular weight excluding hydrogens is 288 g/mol. The van der Waals surface area contributed by atoms with Gasteiger partial charge in [-0.25, -0.2) is 4.98 Å². The van der Waals surface area contributed by atoms with Crippen molar-refractivity contribution in [2.45, 2.75) is 26.0 Å². The quantitative estimate of drug-likeness (QED) is 0.760. The minimum absolute atomic E-state index is 0.0157. The molecule has 0 radical (unpaired) electrons. The molecular formula is C16H17ClN2O2. The summed E-state index contributed by atoms with van der Waals surface area (Å²) < 4.78 is 5.58. The first-order valence-corrected chi connectivity index (χ1v) is 7.41. The van der Waals surface area contributed by atoms with Gasteiger partial charge in [0.05, 0.1) is 24.3 Å². The Labute approximate surface area is 128 Å². The van der Waals surface area contributed by atoms with Crippen LogP contribution in [0.3, 0.4) is 0 Å². The van der Waals surface area contributed by atoms with E-state index in [4.69, 9.17) is 16.3 Å². The fraction of sp³-hybridized carbons (Fsp3) is 0.375. The second-order valence-electron chi connectivity index (χ2n) is 5.46. The zero-order chi connectivity index (χ0) is 15.0. The van der Waals surface area contributed by atoms with Gasteiger partial charge in [0, 0.05) is 18.1 Å². The molecule has 0 spiro atoms. The van der Waals surface area contributed by atoms with Crippen molar-refractivity contribution in [3.8, 4) is 0 Å². The van der Waals surface area contributed by atoms with Crippen molar-refractivity contribution >= 4 is 28.3 Å². The smallest absolute Gasteiger partial charge is 0.256 e. The van der Waals surface area contributed by atoms with Crippen LogP contribution >= 0.6 is 11.6 Å². The summed E-state index contributed by atoms with van der Waals surface area (Å²) in [6, 6.07) is 7.64. The maximum atomic E-state index is 12.9. The third kappa shape index (κ3) is 2.61. The highest BCUT2D eigenvalue weighted by Gasteiger charge is 2.29. The van der Waals surface area contributed by atoms with Gasteiger partial charge >= 0.3 is 0 Å². The van der Waals surface area contributed by atoms with Crippen molar-refractivity contribution in [2.24, 2.45) is 0 Å². The second kappa shape index (κ2) is 5.62. The summed E-state index contributed by atoms with van der Waals surface area (Å²) in [6.45, 7) is 5.13. The van der Waals surface area contributed by atoms with Crippen LogP contribution in [0.1, 0.15) is 24.2 Å². The van der Waals surface area contributed by atoms with Crippen LogP contribution in [0, 0.1) is 0 Å². The summed E-state index contributed by atoms with van der Waals surface area (Å²) in [5.74, 6) is -0.0157. The van der Waals surface area contributed by atoms with Crippen LogP contribution in [0.25, 0.3) is 10.8 Å². The van der Waals surface area contributed by atoms with E-state index >= 15 is 0 Å². The monoisotopic (exact) mass is 304 g/mol. The zero-order valence-corrected chi connectivity index (χ0v) is 12.8. The molecule has 2 aromatic rings. The highest BCUT2D eigenvalue weighted by Crippen LogP contribution is 2.26. The van der Waals surface area contributed by atoms with E-state index in [2.05, 4.69) is 4.98 Å². The van der Waals surface area contributed by atoms with E-state index in [0.29, 0.717) is 23.9 Å². The van der Waals surface area contributed by atoms with Gasteiger partial charge in [-0.05, 0) is 19.2 Å². The fourth-order valence-corrected chi connectivity index (χ4v) is 2.88. The Morgan fingerprint density at radius 3 is 2.81 bits per heavy atom. The summed E-state index contributed by atoms with van der Waals surface area (Å²) in [5, 5.41) is 2.07. The van der Waals surface area contributed by atoms with Gasteiger partial charge in [-0.15, -0.1) is 0 Å². The Morgan fingerprint density at radius 1 is 1.33 bits per heavy atom. The van der Waals surface area contributed by atoms with Crippen LogP contribution in [0.5, 0.6) is 0 Å². The zero-order valence-electron chi connectivity index (χ0n) is 12.0. The number of carbonyl (C=O) groups excluding carboxylic acids is 1. The Morgan fingerprint density at radius 2 is 2.05 bits per heavy atom. The van der Waals surface area contributed by atoms with Crippen LogP contribution < -0.4 is 0 Å². The maximum Gasteiger partial charge on any atom is 0.256 e. The number of morpholine rings is 1. The topological polar surface area (TPSA) is 42.4 Å². The molecule has 1 fully saturated rings. The minimum atomic E-state index is -0.0157. The molecule has 2 heterocycles. The fourth-order valence-electron chi connectivity index (χ4n) is 2.67. The van der Waals surface area contributed by atoms with Gasteiger partial charge in [0.1, 0.15) is 5.15 Å². The summed E-state index contributed by atoms with van der Waals surface area (Å²) in [7, 11) is 0. The van der Waals surface area contributed by atoms with Crippen LogP contribution in [-0.4, -0.2) is 41.1 Å². The molecule has 21 heavy (non-hydrogen) atoms. The number of carbonyl (C=O) groups is 1. The lowest BCUT2D eigenvalue weighted by Gasteiger charge is -2.37. The van der Waals surface area contributed by atoms with E-state index in [1.165, 1.54) is 0 Å². The molecule has 0 N–H and O–H groups in total. The first-order valence-electron chi connectivity index (χ1n) is 7.03. The predicted molar refractivity (Wildman–Crippen MR) is 82.7 cm³/mol. The van der Waals surface area contributed by atoms with Gasteiger partial charge in [-0.1, -0.05) is 35.9 Å². The van der Waals surface area contributed by atoms with Gasteiger partial charge in [0.2, 0.25) is 0 Å². The van der Waals surface area contributed by atoms with Crippen LogP contribution in [0.15, 0.2) is 30.5 Å². The third-order valence-corrected chi connectivity index (χ3v) is 4.15. The largest absolute Gasteiger partial charge is 0.375 e. The van der Waals surface area contributed by atoms with E-state index in [0.717, 1.165) is 10.8 Å². The molecule has 5 heteroatoms. The second-order valence-corrected chi connectivity index (χ2v) is 5.82. The molecule has 1 aromatic carbocycles. The standard InChI is InChI=1S/C16H17ClN2O2/c1-10-9-21-11(2)8-19(10)16(20)14-7-18-15(17)13-6-4-3-5-12(13)14/h3-7,10-11H,8-9H2,1-2H3. The van der Waals surface area contributed by atoms with Crippen LogP contribution in [0.2, 0.25) is 5.15 Å². The number of halogens is 1. The molecule has 0 bridgehead atoms. The lowest BCUT2D eigenvalue weighted by atomic mass is 10.1. The lowest BCUT2D eigenvalue weighted by Crippen LogP contribution is -2.50. The van der Waals surface area contributed by atoms with Crippen molar-refractivity contribution in [1.29, 1.82) is 0 Å². The first-order chi connectivity index (χ1) is 10.1. The highest BCUT2D eigenvalue weighted by molar-refractivity contribution is 6.34.